The summed E-state index contributed by atoms with van der Waals surface area (Å²) in [4.78, 5) is 34.7. The molecule has 0 bridgehead atoms. The van der Waals surface area contributed by atoms with Crippen LogP contribution in [0.2, 0.25) is 0 Å². The zero-order valence-corrected chi connectivity index (χ0v) is 17.8. The molecule has 2 fully saturated rings. The molecule has 1 aromatic heterocycles. The van der Waals surface area contributed by atoms with E-state index in [1.807, 2.05) is 7.05 Å². The number of carbonyl (C=O) groups excluding carboxylic acids is 2. The number of rotatable bonds is 2. The molecule has 1 saturated heterocycles. The van der Waals surface area contributed by atoms with Gasteiger partial charge in [0.15, 0.2) is 5.01 Å². The predicted octanol–water partition coefficient (Wildman–Crippen LogP) is 0.0467. The Labute approximate surface area is 168 Å². The number of thiazole rings is 1. The molecule has 0 aromatic carbocycles. The van der Waals surface area contributed by atoms with E-state index in [0.717, 1.165) is 34.4 Å². The lowest BCUT2D eigenvalue weighted by molar-refractivity contribution is -0.134. The van der Waals surface area contributed by atoms with Crippen LogP contribution in [0, 0.1) is 5.92 Å². The van der Waals surface area contributed by atoms with Crippen LogP contribution in [0.5, 0.6) is 0 Å². The normalized spacial score (nSPS) is 29.2. The quantitative estimate of drug-likeness (QED) is 0.715. The van der Waals surface area contributed by atoms with Gasteiger partial charge in [-0.05, 0) is 26.3 Å². The van der Waals surface area contributed by atoms with Crippen molar-refractivity contribution in [1.82, 2.24) is 23.8 Å². The molecule has 9 nitrogen and oxygen atoms in total. The van der Waals surface area contributed by atoms with Gasteiger partial charge < -0.3 is 9.80 Å². The number of fused-ring (bicyclic) bond motifs is 2. The Balaban J connectivity index is 1.62. The average Bonchev–Trinajstić information content (AvgIpc) is 3.16. The van der Waals surface area contributed by atoms with Crippen LogP contribution in [0.3, 0.4) is 0 Å². The lowest BCUT2D eigenvalue weighted by Crippen LogP contribution is -2.47. The van der Waals surface area contributed by atoms with Gasteiger partial charge in [-0.2, -0.15) is 13.1 Å². The summed E-state index contributed by atoms with van der Waals surface area (Å²) in [5.41, 5.74) is 0.886. The maximum atomic E-state index is 13.2. The SMILES string of the molecule is CN1CCc2nc(C(=O)N3[C@@H]4C[C@@H](C(=O)N(C)C)CCC4NS3(=O)=O)sc2C1. The van der Waals surface area contributed by atoms with Crippen LogP contribution in [-0.2, 0) is 28.0 Å². The highest BCUT2D eigenvalue weighted by Gasteiger charge is 2.51. The first-order valence-corrected chi connectivity index (χ1v) is 11.7. The standard InChI is InChI=1S/C17H25N5O4S2/c1-20(2)16(23)10-4-5-11-13(8-10)22(28(25,26)19-11)17(24)15-18-12-6-7-21(3)9-14(12)27-15/h10-11,13,19H,4-9H2,1-3H3/t10-,11?,13+/m0/s1. The van der Waals surface area contributed by atoms with E-state index in [4.69, 9.17) is 0 Å². The molecule has 28 heavy (non-hydrogen) atoms. The van der Waals surface area contributed by atoms with E-state index >= 15 is 0 Å². The van der Waals surface area contributed by atoms with Gasteiger partial charge in [0.05, 0.1) is 11.7 Å². The number of amides is 2. The van der Waals surface area contributed by atoms with Gasteiger partial charge in [0, 0.05) is 50.4 Å². The van der Waals surface area contributed by atoms with E-state index in [1.54, 1.807) is 14.1 Å². The third kappa shape index (κ3) is 3.34. The topological polar surface area (TPSA) is 103 Å². The number of aromatic nitrogens is 1. The zero-order chi connectivity index (χ0) is 20.2. The molecule has 1 saturated carbocycles. The van der Waals surface area contributed by atoms with Crippen molar-refractivity contribution >= 4 is 33.4 Å². The van der Waals surface area contributed by atoms with Gasteiger partial charge in [-0.25, -0.2) is 9.29 Å². The van der Waals surface area contributed by atoms with Crippen molar-refractivity contribution in [2.45, 2.75) is 44.3 Å². The van der Waals surface area contributed by atoms with Crippen LogP contribution in [-0.4, -0.2) is 79.1 Å². The summed E-state index contributed by atoms with van der Waals surface area (Å²) in [5.74, 6) is -0.886. The molecule has 2 aliphatic heterocycles. The molecule has 154 valence electrons. The van der Waals surface area contributed by atoms with Crippen molar-refractivity contribution in [3.05, 3.63) is 15.6 Å². The molecular formula is C17H25N5O4S2. The van der Waals surface area contributed by atoms with Crippen LogP contribution in [0.4, 0.5) is 0 Å². The second kappa shape index (κ2) is 7.05. The van der Waals surface area contributed by atoms with Crippen molar-refractivity contribution in [2.75, 3.05) is 27.7 Å². The van der Waals surface area contributed by atoms with Crippen LogP contribution < -0.4 is 4.72 Å². The van der Waals surface area contributed by atoms with E-state index in [1.165, 1.54) is 16.2 Å². The minimum atomic E-state index is -3.93. The fourth-order valence-corrected chi connectivity index (χ4v) is 7.18. The van der Waals surface area contributed by atoms with Crippen molar-refractivity contribution in [1.29, 1.82) is 0 Å². The van der Waals surface area contributed by atoms with E-state index < -0.39 is 22.2 Å². The summed E-state index contributed by atoms with van der Waals surface area (Å²) < 4.78 is 29.0. The lowest BCUT2D eigenvalue weighted by Gasteiger charge is -2.33. The smallest absolute Gasteiger partial charge is 0.304 e. The summed E-state index contributed by atoms with van der Waals surface area (Å²) in [5, 5.41) is 0.215. The number of likely N-dealkylation sites (N-methyl/N-ethyl adjacent to an activating group) is 1. The van der Waals surface area contributed by atoms with Gasteiger partial charge in [-0.3, -0.25) is 9.59 Å². The van der Waals surface area contributed by atoms with Crippen LogP contribution in [0.25, 0.3) is 0 Å². The first kappa shape index (κ1) is 19.7. The van der Waals surface area contributed by atoms with E-state index in [2.05, 4.69) is 14.6 Å². The third-order valence-electron chi connectivity index (χ3n) is 5.77. The van der Waals surface area contributed by atoms with E-state index in [9.17, 15) is 18.0 Å². The summed E-state index contributed by atoms with van der Waals surface area (Å²) in [6.07, 6.45) is 2.25. The highest BCUT2D eigenvalue weighted by Crippen LogP contribution is 2.36. The average molecular weight is 428 g/mol. The van der Waals surface area contributed by atoms with Crippen molar-refractivity contribution in [3.8, 4) is 0 Å². The second-order valence-corrected chi connectivity index (χ2v) is 10.7. The molecule has 0 radical (unpaired) electrons. The number of hydrogen-bond acceptors (Lipinski definition) is 7. The van der Waals surface area contributed by atoms with E-state index in [0.29, 0.717) is 19.3 Å². The maximum absolute atomic E-state index is 13.2. The van der Waals surface area contributed by atoms with Crippen LogP contribution in [0.1, 0.15) is 39.6 Å². The molecule has 2 amide bonds. The summed E-state index contributed by atoms with van der Waals surface area (Å²) >= 11 is 1.27. The Bertz CT molecular complexity index is 913. The number of hydrogen-bond donors (Lipinski definition) is 1. The first-order valence-electron chi connectivity index (χ1n) is 9.41. The minimum Gasteiger partial charge on any atom is -0.349 e. The van der Waals surface area contributed by atoms with Gasteiger partial charge in [0.25, 0.3) is 5.91 Å². The Kier molecular flexibility index (Phi) is 4.97. The highest BCUT2D eigenvalue weighted by molar-refractivity contribution is 7.88. The number of nitrogens with zero attached hydrogens (tertiary/aromatic N) is 4. The predicted molar refractivity (Wildman–Crippen MR) is 104 cm³/mol. The van der Waals surface area contributed by atoms with Gasteiger partial charge in [-0.15, -0.1) is 11.3 Å². The summed E-state index contributed by atoms with van der Waals surface area (Å²) in [6, 6.07) is -0.898. The fraction of sp³-hybridized carbons (Fsp3) is 0.706. The largest absolute Gasteiger partial charge is 0.349 e. The molecule has 1 N–H and O–H groups in total. The molecule has 4 rings (SSSR count). The number of carbonyl (C=O) groups is 2. The van der Waals surface area contributed by atoms with Gasteiger partial charge in [-0.1, -0.05) is 0 Å². The molecule has 1 aliphatic carbocycles. The maximum Gasteiger partial charge on any atom is 0.304 e. The summed E-state index contributed by atoms with van der Waals surface area (Å²) in [6.45, 7) is 1.59. The van der Waals surface area contributed by atoms with Gasteiger partial charge in [0.1, 0.15) is 0 Å². The second-order valence-electron chi connectivity index (χ2n) is 8.02. The Hall–Kier alpha value is -1.56. The van der Waals surface area contributed by atoms with E-state index in [-0.39, 0.29) is 22.9 Å². The zero-order valence-electron chi connectivity index (χ0n) is 16.2. The molecule has 3 aliphatic rings. The lowest BCUT2D eigenvalue weighted by atomic mass is 9.82. The van der Waals surface area contributed by atoms with Crippen LogP contribution in [0.15, 0.2) is 0 Å². The Morgan fingerprint density at radius 2 is 2.04 bits per heavy atom. The third-order valence-corrected chi connectivity index (χ3v) is 8.40. The molecule has 11 heteroatoms. The molecule has 1 unspecified atom stereocenters. The van der Waals surface area contributed by atoms with Gasteiger partial charge >= 0.3 is 10.2 Å². The molecule has 1 aromatic rings. The van der Waals surface area contributed by atoms with Gasteiger partial charge in [0.2, 0.25) is 5.91 Å². The molecule has 3 atom stereocenters. The van der Waals surface area contributed by atoms with Crippen molar-refractivity contribution in [2.24, 2.45) is 5.92 Å². The fourth-order valence-electron chi connectivity index (χ4n) is 4.33. The van der Waals surface area contributed by atoms with Crippen molar-refractivity contribution in [3.63, 3.8) is 0 Å². The number of nitrogens with one attached hydrogen (secondary N) is 1. The first-order chi connectivity index (χ1) is 13.2. The van der Waals surface area contributed by atoms with Crippen LogP contribution >= 0.6 is 11.3 Å². The van der Waals surface area contributed by atoms with Crippen molar-refractivity contribution < 1.29 is 18.0 Å². The monoisotopic (exact) mass is 427 g/mol. The highest BCUT2D eigenvalue weighted by atomic mass is 32.2. The molecule has 3 heterocycles. The molecule has 0 spiro atoms. The Morgan fingerprint density at radius 1 is 1.29 bits per heavy atom. The molecular weight excluding hydrogens is 402 g/mol. The summed E-state index contributed by atoms with van der Waals surface area (Å²) in [7, 11) is 1.46. The Morgan fingerprint density at radius 3 is 2.75 bits per heavy atom. The minimum absolute atomic E-state index is 0.0251.